The minimum Gasteiger partial charge on any atom is -0.379 e. The first kappa shape index (κ1) is 18.3. The van der Waals surface area contributed by atoms with E-state index >= 15 is 0 Å². The van der Waals surface area contributed by atoms with Crippen molar-refractivity contribution >= 4 is 5.96 Å². The molecule has 26 heavy (non-hydrogen) atoms. The number of guanidine groups is 1. The van der Waals surface area contributed by atoms with E-state index < -0.39 is 0 Å². The van der Waals surface area contributed by atoms with Crippen LogP contribution in [0, 0.1) is 5.82 Å². The molecule has 7 nitrogen and oxygen atoms in total. The fraction of sp³-hybridized carbons (Fsp3) is 0.444. The highest BCUT2D eigenvalue weighted by molar-refractivity contribution is 5.79. The molecule has 1 atom stereocenters. The van der Waals surface area contributed by atoms with Gasteiger partial charge in [-0.3, -0.25) is 15.0 Å². The molecule has 0 amide bonds. The molecule has 1 aromatic heterocycles. The van der Waals surface area contributed by atoms with Gasteiger partial charge in [0.25, 0.3) is 0 Å². The van der Waals surface area contributed by atoms with E-state index in [9.17, 15) is 4.39 Å². The van der Waals surface area contributed by atoms with Gasteiger partial charge in [0.05, 0.1) is 31.5 Å². The normalized spacial score (nSPS) is 17.1. The minimum absolute atomic E-state index is 0.116. The van der Waals surface area contributed by atoms with Gasteiger partial charge in [-0.15, -0.1) is 0 Å². The van der Waals surface area contributed by atoms with Crippen LogP contribution in [0.15, 0.2) is 41.5 Å². The first-order valence-electron chi connectivity index (χ1n) is 8.76. The molecule has 1 fully saturated rings. The molecule has 3 N–H and O–H groups in total. The van der Waals surface area contributed by atoms with Crippen molar-refractivity contribution in [3.8, 4) is 0 Å². The van der Waals surface area contributed by atoms with Crippen molar-refractivity contribution in [2.45, 2.75) is 12.6 Å². The number of halogens is 1. The van der Waals surface area contributed by atoms with Gasteiger partial charge in [0, 0.05) is 32.9 Å². The third kappa shape index (κ3) is 5.03. The van der Waals surface area contributed by atoms with E-state index in [1.54, 1.807) is 13.2 Å². The fourth-order valence-electron chi connectivity index (χ4n) is 3.01. The number of hydrogen-bond donors (Lipinski definition) is 3. The molecule has 140 valence electrons. The molecule has 3 rings (SSSR count). The predicted octanol–water partition coefficient (Wildman–Crippen LogP) is 1.29. The lowest BCUT2D eigenvalue weighted by Crippen LogP contribution is -2.46. The van der Waals surface area contributed by atoms with E-state index in [0.717, 1.165) is 24.3 Å². The number of hydrogen-bond acceptors (Lipinski definition) is 4. The topological polar surface area (TPSA) is 77.6 Å². The average Bonchev–Trinajstić information content (AvgIpc) is 3.20. The van der Waals surface area contributed by atoms with Crippen molar-refractivity contribution in [2.24, 2.45) is 4.99 Å². The molecule has 1 aliphatic heterocycles. The third-order valence-corrected chi connectivity index (χ3v) is 4.43. The molecule has 0 aliphatic carbocycles. The Bertz CT molecular complexity index is 682. The van der Waals surface area contributed by atoms with Gasteiger partial charge in [0.15, 0.2) is 5.96 Å². The summed E-state index contributed by atoms with van der Waals surface area (Å²) in [5.74, 6) is 0.486. The second-order valence-corrected chi connectivity index (χ2v) is 6.10. The molecule has 1 aromatic carbocycles. The van der Waals surface area contributed by atoms with Crippen molar-refractivity contribution in [3.63, 3.8) is 0 Å². The smallest absolute Gasteiger partial charge is 0.191 e. The van der Waals surface area contributed by atoms with E-state index in [4.69, 9.17) is 4.74 Å². The Morgan fingerprint density at radius 2 is 2.04 bits per heavy atom. The summed E-state index contributed by atoms with van der Waals surface area (Å²) in [7, 11) is 1.74. The van der Waals surface area contributed by atoms with Gasteiger partial charge >= 0.3 is 0 Å². The first-order valence-corrected chi connectivity index (χ1v) is 8.76. The van der Waals surface area contributed by atoms with Crippen molar-refractivity contribution in [1.82, 2.24) is 25.7 Å². The van der Waals surface area contributed by atoms with Gasteiger partial charge in [-0.05, 0) is 23.8 Å². The Morgan fingerprint density at radius 3 is 2.69 bits per heavy atom. The SMILES string of the molecule is CN=C(NCc1ccn[nH]1)NCC(c1ccc(F)cc1)N1CCOCC1. The standard InChI is InChI=1S/C18H25FN6O/c1-20-18(21-12-16-6-7-23-24-16)22-13-17(25-8-10-26-11-9-25)14-2-4-15(19)5-3-14/h2-7,17H,8-13H2,1H3,(H,23,24)(H2,20,21,22). The number of ether oxygens (including phenoxy) is 1. The fourth-order valence-corrected chi connectivity index (χ4v) is 3.01. The van der Waals surface area contributed by atoms with Crippen LogP contribution in [0.2, 0.25) is 0 Å². The number of nitrogens with zero attached hydrogens (tertiary/aromatic N) is 3. The zero-order valence-corrected chi connectivity index (χ0v) is 14.9. The summed E-state index contributed by atoms with van der Waals surface area (Å²) in [6.45, 7) is 4.40. The zero-order valence-electron chi connectivity index (χ0n) is 14.9. The number of H-pyrrole nitrogens is 1. The second-order valence-electron chi connectivity index (χ2n) is 6.10. The maximum absolute atomic E-state index is 13.3. The molecule has 2 aromatic rings. The van der Waals surface area contributed by atoms with Crippen LogP contribution in [-0.4, -0.2) is 61.0 Å². The highest BCUT2D eigenvalue weighted by Crippen LogP contribution is 2.21. The van der Waals surface area contributed by atoms with E-state index in [0.29, 0.717) is 32.3 Å². The van der Waals surface area contributed by atoms with Gasteiger partial charge in [0.2, 0.25) is 0 Å². The van der Waals surface area contributed by atoms with Crippen LogP contribution >= 0.6 is 0 Å². The predicted molar refractivity (Wildman–Crippen MR) is 98.3 cm³/mol. The minimum atomic E-state index is -0.223. The van der Waals surface area contributed by atoms with E-state index in [2.05, 4.69) is 30.7 Å². The number of benzene rings is 1. The number of rotatable bonds is 6. The third-order valence-electron chi connectivity index (χ3n) is 4.43. The molecule has 0 bridgehead atoms. The van der Waals surface area contributed by atoms with Crippen LogP contribution in [0.1, 0.15) is 17.3 Å². The Morgan fingerprint density at radius 1 is 1.27 bits per heavy atom. The van der Waals surface area contributed by atoms with Crippen LogP contribution in [-0.2, 0) is 11.3 Å². The molecular formula is C18H25FN6O. The maximum atomic E-state index is 13.3. The Hall–Kier alpha value is -2.45. The number of nitrogens with one attached hydrogen (secondary N) is 3. The summed E-state index contributed by atoms with van der Waals surface area (Å²) >= 11 is 0. The number of morpholine rings is 1. The summed E-state index contributed by atoms with van der Waals surface area (Å²) in [6.07, 6.45) is 1.72. The van der Waals surface area contributed by atoms with Crippen molar-refractivity contribution < 1.29 is 9.13 Å². The summed E-state index contributed by atoms with van der Waals surface area (Å²) < 4.78 is 18.8. The molecule has 0 saturated carbocycles. The van der Waals surface area contributed by atoms with Gasteiger partial charge < -0.3 is 15.4 Å². The van der Waals surface area contributed by atoms with Crippen molar-refractivity contribution in [1.29, 1.82) is 0 Å². The molecular weight excluding hydrogens is 335 g/mol. The van der Waals surface area contributed by atoms with Crippen molar-refractivity contribution in [2.75, 3.05) is 39.9 Å². The zero-order chi connectivity index (χ0) is 18.2. The van der Waals surface area contributed by atoms with Crippen LogP contribution in [0.4, 0.5) is 4.39 Å². The Balaban J connectivity index is 1.63. The molecule has 0 spiro atoms. The first-order chi connectivity index (χ1) is 12.8. The van der Waals surface area contributed by atoms with Gasteiger partial charge in [0.1, 0.15) is 5.82 Å². The van der Waals surface area contributed by atoms with Crippen LogP contribution < -0.4 is 10.6 Å². The largest absolute Gasteiger partial charge is 0.379 e. The summed E-state index contributed by atoms with van der Waals surface area (Å²) in [5, 5.41) is 13.5. The molecule has 1 saturated heterocycles. The van der Waals surface area contributed by atoms with E-state index in [-0.39, 0.29) is 11.9 Å². The number of aromatic amines is 1. The summed E-state index contributed by atoms with van der Waals surface area (Å²) in [5.41, 5.74) is 2.06. The summed E-state index contributed by atoms with van der Waals surface area (Å²) in [6, 6.07) is 8.73. The second kappa shape index (κ2) is 9.30. The average molecular weight is 360 g/mol. The van der Waals surface area contributed by atoms with Gasteiger partial charge in [-0.25, -0.2) is 4.39 Å². The molecule has 1 aliphatic rings. The highest BCUT2D eigenvalue weighted by Gasteiger charge is 2.23. The summed E-state index contributed by atoms with van der Waals surface area (Å²) in [4.78, 5) is 6.62. The van der Waals surface area contributed by atoms with Crippen LogP contribution in [0.3, 0.4) is 0 Å². The molecule has 8 heteroatoms. The number of aromatic nitrogens is 2. The monoisotopic (exact) mass is 360 g/mol. The maximum Gasteiger partial charge on any atom is 0.191 e. The van der Waals surface area contributed by atoms with Crippen LogP contribution in [0.5, 0.6) is 0 Å². The lowest BCUT2D eigenvalue weighted by molar-refractivity contribution is 0.0170. The van der Waals surface area contributed by atoms with E-state index in [1.807, 2.05) is 18.2 Å². The van der Waals surface area contributed by atoms with Gasteiger partial charge in [-0.2, -0.15) is 5.10 Å². The Kier molecular flexibility index (Phi) is 6.56. The van der Waals surface area contributed by atoms with E-state index in [1.165, 1.54) is 12.1 Å². The number of aliphatic imine (C=N–C) groups is 1. The highest BCUT2D eigenvalue weighted by atomic mass is 19.1. The molecule has 0 radical (unpaired) electrons. The van der Waals surface area contributed by atoms with Crippen molar-refractivity contribution in [3.05, 3.63) is 53.6 Å². The van der Waals surface area contributed by atoms with Gasteiger partial charge in [-0.1, -0.05) is 12.1 Å². The quantitative estimate of drug-likeness (QED) is 0.534. The van der Waals surface area contributed by atoms with Crippen LogP contribution in [0.25, 0.3) is 0 Å². The lowest BCUT2D eigenvalue weighted by atomic mass is 10.0. The Labute approximate surface area is 152 Å². The molecule has 2 heterocycles. The molecule has 1 unspecified atom stereocenters. The lowest BCUT2D eigenvalue weighted by Gasteiger charge is -2.35.